The zero-order valence-electron chi connectivity index (χ0n) is 22.4. The van der Waals surface area contributed by atoms with Crippen LogP contribution in [0.25, 0.3) is 0 Å². The van der Waals surface area contributed by atoms with Crippen molar-refractivity contribution in [3.63, 3.8) is 0 Å². The Labute approximate surface area is 234 Å². The lowest BCUT2D eigenvalue weighted by Crippen LogP contribution is -2.35. The zero-order chi connectivity index (χ0) is 27.8. The van der Waals surface area contributed by atoms with E-state index >= 15 is 0 Å². The van der Waals surface area contributed by atoms with Crippen molar-refractivity contribution < 1.29 is 24.2 Å². The van der Waals surface area contributed by atoms with Crippen molar-refractivity contribution in [2.75, 3.05) is 32.9 Å². The van der Waals surface area contributed by atoms with E-state index < -0.39 is 12.5 Å². The number of carbonyl (C=O) groups is 2. The van der Waals surface area contributed by atoms with Gasteiger partial charge < -0.3 is 19.5 Å². The van der Waals surface area contributed by atoms with Crippen LogP contribution in [-0.4, -0.2) is 65.7 Å². The number of fused-ring (bicyclic) bond motifs is 3. The van der Waals surface area contributed by atoms with E-state index in [2.05, 4.69) is 43.0 Å². The molecule has 8 heteroatoms. The van der Waals surface area contributed by atoms with E-state index in [9.17, 15) is 14.7 Å². The van der Waals surface area contributed by atoms with E-state index in [0.29, 0.717) is 48.6 Å². The van der Waals surface area contributed by atoms with Crippen LogP contribution >= 0.6 is 11.6 Å². The number of hydrogen-bond donors (Lipinski definition) is 1. The zero-order valence-corrected chi connectivity index (χ0v) is 23.2. The Morgan fingerprint density at radius 2 is 1.79 bits per heavy atom. The summed E-state index contributed by atoms with van der Waals surface area (Å²) >= 11 is 6.11. The van der Waals surface area contributed by atoms with E-state index in [1.807, 2.05) is 12.1 Å². The normalized spacial score (nSPS) is 14.7. The van der Waals surface area contributed by atoms with Crippen LogP contribution < -0.4 is 4.74 Å². The number of carbonyl (C=O) groups excluding carboxylic acids is 1. The summed E-state index contributed by atoms with van der Waals surface area (Å²) < 4.78 is 11.9. The van der Waals surface area contributed by atoms with Crippen molar-refractivity contribution in [1.82, 2.24) is 9.80 Å². The number of hydrogen-bond acceptors (Lipinski definition) is 5. The van der Waals surface area contributed by atoms with Crippen LogP contribution in [0.4, 0.5) is 0 Å². The van der Waals surface area contributed by atoms with Gasteiger partial charge in [-0.1, -0.05) is 48.0 Å². The van der Waals surface area contributed by atoms with Crippen molar-refractivity contribution in [3.8, 4) is 5.75 Å². The molecule has 0 spiro atoms. The van der Waals surface area contributed by atoms with Gasteiger partial charge in [0.05, 0.1) is 13.2 Å². The molecule has 0 aliphatic carbocycles. The molecule has 206 valence electrons. The number of rotatable bonds is 6. The number of benzene rings is 3. The Kier molecular flexibility index (Phi) is 9.98. The van der Waals surface area contributed by atoms with E-state index in [0.717, 1.165) is 29.8 Å². The molecule has 0 unspecified atom stereocenters. The van der Waals surface area contributed by atoms with Crippen LogP contribution in [0, 0.1) is 0 Å². The van der Waals surface area contributed by atoms with Gasteiger partial charge in [0.1, 0.15) is 18.9 Å². The molecule has 2 bridgehead atoms. The van der Waals surface area contributed by atoms with Gasteiger partial charge in [0, 0.05) is 42.7 Å². The fraction of sp³-hybridized carbons (Fsp3) is 0.355. The molecule has 1 N–H and O–H groups in total. The summed E-state index contributed by atoms with van der Waals surface area (Å²) in [5.41, 5.74) is 4.34. The number of nitrogens with zero attached hydrogens (tertiary/aromatic N) is 2. The average molecular weight is 551 g/mol. The summed E-state index contributed by atoms with van der Waals surface area (Å²) in [7, 11) is 0. The van der Waals surface area contributed by atoms with Crippen molar-refractivity contribution in [1.29, 1.82) is 0 Å². The third-order valence-corrected chi connectivity index (χ3v) is 6.93. The second-order valence-electron chi connectivity index (χ2n) is 10.0. The van der Waals surface area contributed by atoms with E-state index in [-0.39, 0.29) is 12.5 Å². The van der Waals surface area contributed by atoms with Gasteiger partial charge in [-0.15, -0.1) is 0 Å². The predicted molar refractivity (Wildman–Crippen MR) is 151 cm³/mol. The van der Waals surface area contributed by atoms with Crippen LogP contribution in [0.1, 0.15) is 46.5 Å². The summed E-state index contributed by atoms with van der Waals surface area (Å²) in [6.45, 7) is 7.21. The van der Waals surface area contributed by atoms with Crippen LogP contribution in [-0.2, 0) is 29.0 Å². The molecule has 1 amide bonds. The standard InChI is InChI=1S/C31H35ClN2O5/c1-22(2)33-11-12-38-13-14-39-29-10-9-26(18-27(29)16-23-5-3-6-24(15-23)19-33)31(37)34(21-30(35)36)20-25-7-4-8-28(32)17-25/h3-10,15,17-18,22H,11-14,16,19-21H2,1-2H3,(H,35,36). The van der Waals surface area contributed by atoms with Crippen LogP contribution in [0.5, 0.6) is 5.75 Å². The van der Waals surface area contributed by atoms with E-state index in [1.165, 1.54) is 10.5 Å². The molecule has 7 nitrogen and oxygen atoms in total. The molecule has 4 rings (SSSR count). The summed E-state index contributed by atoms with van der Waals surface area (Å²) in [5.74, 6) is -0.774. The highest BCUT2D eigenvalue weighted by Gasteiger charge is 2.21. The molecule has 0 saturated carbocycles. The molecule has 0 fully saturated rings. The van der Waals surface area contributed by atoms with Gasteiger partial charge in [0.25, 0.3) is 5.91 Å². The topological polar surface area (TPSA) is 79.3 Å². The maximum Gasteiger partial charge on any atom is 0.323 e. The van der Waals surface area contributed by atoms with E-state index in [4.69, 9.17) is 21.1 Å². The molecule has 0 saturated heterocycles. The highest BCUT2D eigenvalue weighted by molar-refractivity contribution is 6.30. The summed E-state index contributed by atoms with van der Waals surface area (Å²) in [6, 6.07) is 21.2. The first-order valence-corrected chi connectivity index (χ1v) is 13.6. The second kappa shape index (κ2) is 13.6. The average Bonchev–Trinajstić information content (AvgIpc) is 2.89. The molecule has 0 atom stereocenters. The third kappa shape index (κ3) is 8.30. The fourth-order valence-corrected chi connectivity index (χ4v) is 4.91. The lowest BCUT2D eigenvalue weighted by Gasteiger charge is -2.27. The monoisotopic (exact) mass is 550 g/mol. The van der Waals surface area contributed by atoms with Gasteiger partial charge >= 0.3 is 5.97 Å². The van der Waals surface area contributed by atoms with Gasteiger partial charge in [0.2, 0.25) is 0 Å². The lowest BCUT2D eigenvalue weighted by molar-refractivity contribution is -0.137. The summed E-state index contributed by atoms with van der Waals surface area (Å²) in [4.78, 5) is 28.9. The quantitative estimate of drug-likeness (QED) is 0.450. The van der Waals surface area contributed by atoms with Crippen LogP contribution in [0.15, 0.2) is 66.7 Å². The molecule has 3 aromatic rings. The van der Waals surface area contributed by atoms with Crippen molar-refractivity contribution in [3.05, 3.63) is 99.6 Å². The molecule has 3 aromatic carbocycles. The third-order valence-electron chi connectivity index (χ3n) is 6.69. The lowest BCUT2D eigenvalue weighted by atomic mass is 9.99. The highest BCUT2D eigenvalue weighted by atomic mass is 35.5. The second-order valence-corrected chi connectivity index (χ2v) is 10.5. The Morgan fingerprint density at radius 1 is 1.00 bits per heavy atom. The van der Waals surface area contributed by atoms with Gasteiger partial charge in [0.15, 0.2) is 0 Å². The molecule has 1 aliphatic rings. The Hall–Kier alpha value is -3.39. The van der Waals surface area contributed by atoms with Crippen molar-refractivity contribution in [2.45, 2.75) is 39.4 Å². The summed E-state index contributed by atoms with van der Waals surface area (Å²) in [6.07, 6.45) is 0.569. The van der Waals surface area contributed by atoms with Crippen molar-refractivity contribution >= 4 is 23.5 Å². The molecular weight excluding hydrogens is 516 g/mol. The molecular formula is C31H35ClN2O5. The minimum atomic E-state index is -1.08. The Morgan fingerprint density at radius 3 is 2.56 bits per heavy atom. The number of ether oxygens (including phenoxy) is 2. The Balaban J connectivity index is 1.64. The van der Waals surface area contributed by atoms with Gasteiger partial charge in [-0.2, -0.15) is 0 Å². The summed E-state index contributed by atoms with van der Waals surface area (Å²) in [5, 5.41) is 10.0. The smallest absolute Gasteiger partial charge is 0.323 e. The highest BCUT2D eigenvalue weighted by Crippen LogP contribution is 2.26. The Bertz CT molecular complexity index is 1300. The van der Waals surface area contributed by atoms with Gasteiger partial charge in [-0.3, -0.25) is 14.5 Å². The van der Waals surface area contributed by atoms with Gasteiger partial charge in [-0.25, -0.2) is 0 Å². The molecule has 0 radical (unpaired) electrons. The predicted octanol–water partition coefficient (Wildman–Crippen LogP) is 5.28. The fourth-order valence-electron chi connectivity index (χ4n) is 4.70. The first-order valence-electron chi connectivity index (χ1n) is 13.2. The molecule has 1 heterocycles. The first-order chi connectivity index (χ1) is 18.8. The van der Waals surface area contributed by atoms with Crippen LogP contribution in [0.2, 0.25) is 5.02 Å². The maximum atomic E-state index is 13.6. The molecule has 1 aliphatic heterocycles. The molecule has 39 heavy (non-hydrogen) atoms. The van der Waals surface area contributed by atoms with Crippen molar-refractivity contribution in [2.24, 2.45) is 0 Å². The largest absolute Gasteiger partial charge is 0.491 e. The number of amides is 1. The number of carboxylic acids is 1. The minimum Gasteiger partial charge on any atom is -0.491 e. The van der Waals surface area contributed by atoms with Gasteiger partial charge in [-0.05, 0) is 66.4 Å². The number of halogens is 1. The van der Waals surface area contributed by atoms with Crippen LogP contribution in [0.3, 0.4) is 0 Å². The maximum absolute atomic E-state index is 13.6. The van der Waals surface area contributed by atoms with E-state index in [1.54, 1.807) is 30.3 Å². The molecule has 0 aromatic heterocycles. The SMILES string of the molecule is CC(C)N1CCOCCOc2ccc(C(=O)N(CC(=O)O)Cc3cccc(Cl)c3)cc2Cc2cccc(c2)C1. The minimum absolute atomic E-state index is 0.130. The first kappa shape index (κ1) is 28.6. The number of aliphatic carboxylic acids is 1. The number of carboxylic acid groups (broad SMARTS) is 1.